The Hall–Kier alpha value is -2.98. The number of piperidine rings is 1. The molecule has 0 atom stereocenters. The van der Waals surface area contributed by atoms with Crippen molar-refractivity contribution >= 4 is 29.1 Å². The topological polar surface area (TPSA) is 71.3 Å². The molecule has 0 amide bonds. The lowest BCUT2D eigenvalue weighted by Crippen LogP contribution is -2.66. The number of ether oxygens (including phenoxy) is 1. The van der Waals surface area contributed by atoms with Crippen LogP contribution >= 0.6 is 11.6 Å². The molecule has 37 heavy (non-hydrogen) atoms. The Bertz CT molecular complexity index is 1270. The van der Waals surface area contributed by atoms with Gasteiger partial charge in [0.25, 0.3) is 0 Å². The fourth-order valence-corrected chi connectivity index (χ4v) is 5.75. The molecule has 1 aromatic carbocycles. The lowest BCUT2D eigenvalue weighted by molar-refractivity contribution is -0.170. The van der Waals surface area contributed by atoms with Gasteiger partial charge in [-0.3, -0.25) is 0 Å². The first-order chi connectivity index (χ1) is 17.7. The van der Waals surface area contributed by atoms with Gasteiger partial charge in [0.1, 0.15) is 6.10 Å². The number of hydrogen-bond acceptors (Lipinski definition) is 7. The van der Waals surface area contributed by atoms with Crippen molar-refractivity contribution in [3.63, 3.8) is 0 Å². The highest BCUT2D eigenvalue weighted by Crippen LogP contribution is 2.58. The van der Waals surface area contributed by atoms with Gasteiger partial charge in [-0.05, 0) is 50.2 Å². The summed E-state index contributed by atoms with van der Waals surface area (Å²) in [5.74, 6) is -0.0643. The number of halogens is 3. The predicted molar refractivity (Wildman–Crippen MR) is 139 cm³/mol. The summed E-state index contributed by atoms with van der Waals surface area (Å²) in [7, 11) is 3.93. The first-order valence-corrected chi connectivity index (χ1v) is 13.0. The van der Waals surface area contributed by atoms with Gasteiger partial charge in [0.15, 0.2) is 17.4 Å². The minimum absolute atomic E-state index is 0.0407. The van der Waals surface area contributed by atoms with Crippen LogP contribution in [-0.4, -0.2) is 69.9 Å². The zero-order chi connectivity index (χ0) is 25.8. The zero-order valence-electron chi connectivity index (χ0n) is 20.9. The molecule has 2 aromatic heterocycles. The first kappa shape index (κ1) is 24.4. The highest BCUT2D eigenvalue weighted by atomic mass is 35.5. The normalized spacial score (nSPS) is 20.9. The van der Waals surface area contributed by atoms with Crippen LogP contribution in [0.4, 0.5) is 26.2 Å². The third-order valence-corrected chi connectivity index (χ3v) is 7.79. The fourth-order valence-electron chi connectivity index (χ4n) is 5.63. The van der Waals surface area contributed by atoms with Crippen molar-refractivity contribution < 1.29 is 13.5 Å². The molecule has 0 radical (unpaired) electrons. The number of nitrogens with zero attached hydrogens (tertiary/aromatic N) is 6. The fraction of sp³-hybridized carbons (Fsp3) is 0.500. The summed E-state index contributed by atoms with van der Waals surface area (Å²) >= 11 is 5.99. The maximum atomic E-state index is 13.5. The molecule has 2 saturated heterocycles. The smallest absolute Gasteiger partial charge is 0.249 e. The SMILES string of the molecule is CN1CCC(Oc2cc(-c3nc(Nc4ccc(Cl)cc4)n(C)n3)cnc2N2CC3(C2)CC(F)(F)C3)CC1. The molecule has 3 aromatic rings. The molecule has 6 rings (SSSR count). The summed E-state index contributed by atoms with van der Waals surface area (Å²) in [6.07, 6.45) is 3.58. The quantitative estimate of drug-likeness (QED) is 0.482. The van der Waals surface area contributed by atoms with E-state index in [9.17, 15) is 8.78 Å². The molecular weight excluding hydrogens is 500 g/mol. The van der Waals surface area contributed by atoms with Crippen molar-refractivity contribution in [1.29, 1.82) is 0 Å². The monoisotopic (exact) mass is 529 g/mol. The maximum Gasteiger partial charge on any atom is 0.249 e. The number of anilines is 3. The number of nitrogens with one attached hydrogen (secondary N) is 1. The average molecular weight is 530 g/mol. The van der Waals surface area contributed by atoms with Crippen molar-refractivity contribution in [3.8, 4) is 17.1 Å². The zero-order valence-corrected chi connectivity index (χ0v) is 21.7. The van der Waals surface area contributed by atoms with Crippen molar-refractivity contribution in [2.45, 2.75) is 37.7 Å². The Morgan fingerprint density at radius 2 is 1.78 bits per heavy atom. The molecule has 1 aliphatic carbocycles. The molecule has 0 unspecified atom stereocenters. The van der Waals surface area contributed by atoms with Gasteiger partial charge in [-0.25, -0.2) is 18.4 Å². The van der Waals surface area contributed by atoms with Crippen molar-refractivity contribution in [2.75, 3.05) is 43.4 Å². The number of pyridine rings is 1. The van der Waals surface area contributed by atoms with E-state index in [4.69, 9.17) is 21.3 Å². The molecule has 4 heterocycles. The van der Waals surface area contributed by atoms with Gasteiger partial charge in [-0.1, -0.05) is 11.6 Å². The maximum absolute atomic E-state index is 13.5. The largest absolute Gasteiger partial charge is 0.486 e. The molecule has 1 spiro atoms. The molecule has 196 valence electrons. The van der Waals surface area contributed by atoms with E-state index in [0.717, 1.165) is 37.2 Å². The van der Waals surface area contributed by atoms with E-state index in [-0.39, 0.29) is 24.4 Å². The molecule has 1 N–H and O–H groups in total. The third kappa shape index (κ3) is 4.96. The van der Waals surface area contributed by atoms with Crippen molar-refractivity contribution in [2.24, 2.45) is 12.5 Å². The van der Waals surface area contributed by atoms with E-state index in [1.54, 1.807) is 23.0 Å². The predicted octanol–water partition coefficient (Wildman–Crippen LogP) is 4.98. The van der Waals surface area contributed by atoms with Crippen molar-refractivity contribution in [1.82, 2.24) is 24.6 Å². The summed E-state index contributed by atoms with van der Waals surface area (Å²) in [5, 5.41) is 8.49. The molecule has 0 bridgehead atoms. The number of aromatic nitrogens is 4. The van der Waals surface area contributed by atoms with Crippen LogP contribution < -0.4 is 15.0 Å². The minimum atomic E-state index is -2.53. The van der Waals surface area contributed by atoms with Crippen LogP contribution in [0, 0.1) is 5.41 Å². The molecule has 3 fully saturated rings. The first-order valence-electron chi connectivity index (χ1n) is 12.6. The van der Waals surface area contributed by atoms with Crippen LogP contribution in [-0.2, 0) is 7.05 Å². The second-order valence-corrected chi connectivity index (χ2v) is 11.2. The van der Waals surface area contributed by atoms with Gasteiger partial charge < -0.3 is 19.9 Å². The Balaban J connectivity index is 1.25. The van der Waals surface area contributed by atoms with E-state index >= 15 is 0 Å². The van der Waals surface area contributed by atoms with Crippen LogP contribution in [0.25, 0.3) is 11.4 Å². The molecule has 1 saturated carbocycles. The summed E-state index contributed by atoms with van der Waals surface area (Å²) in [4.78, 5) is 13.8. The lowest BCUT2D eigenvalue weighted by atomic mass is 9.61. The number of alkyl halides is 2. The second kappa shape index (κ2) is 9.09. The standard InChI is InChI=1S/C26H30ClF2N7O/c1-34-9-7-20(8-10-34)37-21-11-17(12-30-23(21)36-15-25(16-36)13-26(28,29)14-25)22-32-24(35(2)33-22)31-19-5-3-18(27)4-6-19/h3-6,11-12,20H,7-10,13-16H2,1-2H3,(H,31,32,33). The highest BCUT2D eigenvalue weighted by molar-refractivity contribution is 6.30. The van der Waals surface area contributed by atoms with Crippen LogP contribution in [0.15, 0.2) is 36.5 Å². The van der Waals surface area contributed by atoms with Crippen molar-refractivity contribution in [3.05, 3.63) is 41.6 Å². The van der Waals surface area contributed by atoms with Gasteiger partial charge >= 0.3 is 0 Å². The molecule has 3 aliphatic rings. The highest BCUT2D eigenvalue weighted by Gasteiger charge is 2.62. The molecule has 2 aliphatic heterocycles. The summed E-state index contributed by atoms with van der Waals surface area (Å²) in [6, 6.07) is 9.29. The van der Waals surface area contributed by atoms with Crippen LogP contribution in [0.5, 0.6) is 5.75 Å². The van der Waals surface area contributed by atoms with E-state index in [2.05, 4.69) is 32.2 Å². The summed E-state index contributed by atoms with van der Waals surface area (Å²) in [6.45, 7) is 3.10. The van der Waals surface area contributed by atoms with E-state index < -0.39 is 5.92 Å². The number of rotatable bonds is 6. The third-order valence-electron chi connectivity index (χ3n) is 7.53. The lowest BCUT2D eigenvalue weighted by Gasteiger charge is -2.59. The Morgan fingerprint density at radius 3 is 2.46 bits per heavy atom. The average Bonchev–Trinajstić information content (AvgIpc) is 3.19. The van der Waals surface area contributed by atoms with E-state index in [1.807, 2.05) is 25.2 Å². The van der Waals surface area contributed by atoms with Gasteiger partial charge in [0.05, 0.1) is 0 Å². The summed E-state index contributed by atoms with van der Waals surface area (Å²) in [5.41, 5.74) is 1.29. The molecule has 8 nitrogen and oxygen atoms in total. The molecule has 11 heteroatoms. The summed E-state index contributed by atoms with van der Waals surface area (Å²) < 4.78 is 35.3. The number of aryl methyl sites for hydroxylation is 1. The Morgan fingerprint density at radius 1 is 1.08 bits per heavy atom. The number of likely N-dealkylation sites (tertiary alicyclic amines) is 1. The van der Waals surface area contributed by atoms with Crippen LogP contribution in [0.1, 0.15) is 25.7 Å². The Kier molecular flexibility index (Phi) is 5.99. The second-order valence-electron chi connectivity index (χ2n) is 10.7. The van der Waals surface area contributed by atoms with E-state index in [0.29, 0.717) is 41.5 Å². The minimum Gasteiger partial charge on any atom is -0.486 e. The number of hydrogen-bond donors (Lipinski definition) is 1. The van der Waals surface area contributed by atoms with E-state index in [1.165, 1.54) is 0 Å². The van der Waals surface area contributed by atoms with Gasteiger partial charge in [0, 0.05) is 74.0 Å². The number of benzene rings is 1. The molecular formula is C26H30ClF2N7O. The van der Waals surface area contributed by atoms with Crippen LogP contribution in [0.2, 0.25) is 5.02 Å². The Labute approximate surface area is 219 Å². The van der Waals surface area contributed by atoms with Gasteiger partial charge in [-0.2, -0.15) is 4.98 Å². The van der Waals surface area contributed by atoms with Gasteiger partial charge in [-0.15, -0.1) is 5.10 Å². The van der Waals surface area contributed by atoms with Crippen LogP contribution in [0.3, 0.4) is 0 Å². The van der Waals surface area contributed by atoms with Gasteiger partial charge in [0.2, 0.25) is 11.9 Å².